The maximum atomic E-state index is 11.8. The van der Waals surface area contributed by atoms with Crippen LogP contribution in [0, 0.1) is 0 Å². The van der Waals surface area contributed by atoms with Gasteiger partial charge in [0.1, 0.15) is 0 Å². The molecule has 1 aromatic carbocycles. The predicted octanol–water partition coefficient (Wildman–Crippen LogP) is 2.89. The number of fused-ring (bicyclic) bond motifs is 1. The summed E-state index contributed by atoms with van der Waals surface area (Å²) in [6.45, 7) is 6.01. The van der Waals surface area contributed by atoms with Crippen LogP contribution in [0.1, 0.15) is 59.7 Å². The number of aromatic carboxylic acids is 1. The molecular weight excluding hydrogens is 292 g/mol. The number of carboxylic acids is 1. The molecule has 1 atom stereocenters. The summed E-state index contributed by atoms with van der Waals surface area (Å²) in [4.78, 5) is 11.8. The Labute approximate surface area is 134 Å². The average Bonchev–Trinajstić information content (AvgIpc) is 2.97. The van der Waals surface area contributed by atoms with E-state index in [-0.39, 0.29) is 11.1 Å². The third-order valence-corrected chi connectivity index (χ3v) is 4.12. The molecule has 0 spiro atoms. The van der Waals surface area contributed by atoms with Crippen molar-refractivity contribution in [2.24, 2.45) is 7.05 Å². The van der Waals surface area contributed by atoms with E-state index < -0.39 is 12.1 Å². The van der Waals surface area contributed by atoms with Gasteiger partial charge in [-0.3, -0.25) is 4.68 Å². The molecule has 0 fully saturated rings. The maximum Gasteiger partial charge on any atom is 0.354 e. The van der Waals surface area contributed by atoms with Crippen molar-refractivity contribution in [3.05, 3.63) is 58.4 Å². The van der Waals surface area contributed by atoms with Gasteiger partial charge in [0.25, 0.3) is 0 Å². The first-order chi connectivity index (χ1) is 10.7. The number of rotatable bonds is 2. The highest BCUT2D eigenvalue weighted by molar-refractivity contribution is 5.98. The van der Waals surface area contributed by atoms with Crippen molar-refractivity contribution in [1.29, 1.82) is 0 Å². The normalized spacial score (nSPS) is 17.1. The van der Waals surface area contributed by atoms with E-state index in [0.29, 0.717) is 11.3 Å². The topological polar surface area (TPSA) is 75.3 Å². The number of nitrogens with zero attached hydrogens (tertiary/aromatic N) is 2. The highest BCUT2D eigenvalue weighted by Gasteiger charge is 2.34. The number of aliphatic hydroxyl groups is 1. The van der Waals surface area contributed by atoms with Gasteiger partial charge in [-0.25, -0.2) is 4.79 Å². The minimum atomic E-state index is -1.02. The minimum absolute atomic E-state index is 0.144. The summed E-state index contributed by atoms with van der Waals surface area (Å²) >= 11 is 0. The third kappa shape index (κ3) is 2.37. The monoisotopic (exact) mass is 312 g/mol. The van der Waals surface area contributed by atoms with E-state index in [1.54, 1.807) is 13.1 Å². The molecule has 0 amide bonds. The summed E-state index contributed by atoms with van der Waals surface area (Å²) in [6.07, 6.45) is 0.986. The molecule has 0 saturated heterocycles. The number of aromatic nitrogens is 2. The Morgan fingerprint density at radius 2 is 1.91 bits per heavy atom. The zero-order chi connectivity index (χ0) is 16.9. The molecular formula is C18H20N2O3. The molecule has 5 heteroatoms. The molecule has 5 nitrogen and oxygen atoms in total. The van der Waals surface area contributed by atoms with E-state index in [1.807, 2.05) is 45.0 Å². The van der Waals surface area contributed by atoms with Crippen molar-refractivity contribution in [3.63, 3.8) is 0 Å². The van der Waals surface area contributed by atoms with Crippen LogP contribution in [0.25, 0.3) is 5.57 Å². The largest absolute Gasteiger partial charge is 0.477 e. The fourth-order valence-electron chi connectivity index (χ4n) is 3.11. The summed E-state index contributed by atoms with van der Waals surface area (Å²) in [5.74, 6) is -1.02. The lowest BCUT2D eigenvalue weighted by molar-refractivity contribution is 0.0684. The average molecular weight is 312 g/mol. The summed E-state index contributed by atoms with van der Waals surface area (Å²) < 4.78 is 1.41. The molecule has 23 heavy (non-hydrogen) atoms. The van der Waals surface area contributed by atoms with Gasteiger partial charge in [-0.15, -0.1) is 0 Å². The molecule has 3 rings (SSSR count). The second-order valence-electron chi connectivity index (χ2n) is 6.86. The number of hydrogen-bond acceptors (Lipinski definition) is 3. The number of aryl methyl sites for hydroxylation is 1. The van der Waals surface area contributed by atoms with Crippen LogP contribution in [0.3, 0.4) is 0 Å². The zero-order valence-corrected chi connectivity index (χ0v) is 13.7. The Balaban J connectivity index is 2.33. The second-order valence-corrected chi connectivity index (χ2v) is 6.86. The Bertz CT molecular complexity index is 825. The van der Waals surface area contributed by atoms with Crippen molar-refractivity contribution < 1.29 is 15.0 Å². The Hall–Kier alpha value is -2.40. The summed E-state index contributed by atoms with van der Waals surface area (Å²) in [5.41, 5.74) is 3.53. The van der Waals surface area contributed by atoms with Crippen LogP contribution < -0.4 is 0 Å². The molecule has 1 unspecified atom stereocenters. The van der Waals surface area contributed by atoms with Gasteiger partial charge in [0, 0.05) is 18.0 Å². The number of benzene rings is 1. The van der Waals surface area contributed by atoms with Gasteiger partial charge >= 0.3 is 5.97 Å². The molecule has 0 aliphatic heterocycles. The molecule has 0 radical (unpaired) electrons. The SMILES string of the molecule is Cn1nc(C(C)(C)C)c(C2=CC(O)c3ccccc32)c1C(=O)O. The number of carbonyl (C=O) groups is 1. The number of aliphatic hydroxyl groups excluding tert-OH is 1. The lowest BCUT2D eigenvalue weighted by atomic mass is 9.85. The molecule has 0 bridgehead atoms. The molecule has 1 aromatic heterocycles. The number of hydrogen-bond donors (Lipinski definition) is 2. The minimum Gasteiger partial charge on any atom is -0.477 e. The highest BCUT2D eigenvalue weighted by atomic mass is 16.4. The molecule has 2 aromatic rings. The first-order valence-corrected chi connectivity index (χ1v) is 7.52. The quantitative estimate of drug-likeness (QED) is 0.894. The first kappa shape index (κ1) is 15.5. The Kier molecular flexibility index (Phi) is 3.41. The Morgan fingerprint density at radius 3 is 2.52 bits per heavy atom. The van der Waals surface area contributed by atoms with Crippen LogP contribution in [0.15, 0.2) is 30.3 Å². The van der Waals surface area contributed by atoms with Crippen molar-refractivity contribution in [3.8, 4) is 0 Å². The van der Waals surface area contributed by atoms with Crippen molar-refractivity contribution in [2.45, 2.75) is 32.3 Å². The van der Waals surface area contributed by atoms with Crippen LogP contribution >= 0.6 is 0 Å². The maximum absolute atomic E-state index is 11.8. The van der Waals surface area contributed by atoms with E-state index in [9.17, 15) is 15.0 Å². The lowest BCUT2D eigenvalue weighted by Crippen LogP contribution is -2.15. The van der Waals surface area contributed by atoms with E-state index in [0.717, 1.165) is 16.7 Å². The first-order valence-electron chi connectivity index (χ1n) is 7.52. The van der Waals surface area contributed by atoms with Gasteiger partial charge in [0.15, 0.2) is 5.69 Å². The molecule has 1 heterocycles. The molecule has 0 saturated carbocycles. The van der Waals surface area contributed by atoms with Crippen molar-refractivity contribution >= 4 is 11.5 Å². The Morgan fingerprint density at radius 1 is 1.26 bits per heavy atom. The van der Waals surface area contributed by atoms with Gasteiger partial charge in [-0.2, -0.15) is 5.10 Å². The van der Waals surface area contributed by atoms with E-state index >= 15 is 0 Å². The molecule has 120 valence electrons. The van der Waals surface area contributed by atoms with Crippen LogP contribution in [-0.2, 0) is 12.5 Å². The summed E-state index contributed by atoms with van der Waals surface area (Å²) in [6, 6.07) is 7.52. The van der Waals surface area contributed by atoms with Gasteiger partial charge in [-0.1, -0.05) is 45.0 Å². The van der Waals surface area contributed by atoms with Gasteiger partial charge < -0.3 is 10.2 Å². The second kappa shape index (κ2) is 5.06. The van der Waals surface area contributed by atoms with E-state index in [1.165, 1.54) is 4.68 Å². The lowest BCUT2D eigenvalue weighted by Gasteiger charge is -2.18. The van der Waals surface area contributed by atoms with Crippen LogP contribution in [0.4, 0.5) is 0 Å². The van der Waals surface area contributed by atoms with Gasteiger partial charge in [0.2, 0.25) is 0 Å². The standard InChI is InChI=1S/C18H20N2O3/c1-18(2,3)16-14(15(17(22)23)20(4)19-16)12-9-13(21)11-8-6-5-7-10(11)12/h5-9,13,21H,1-4H3,(H,22,23). The van der Waals surface area contributed by atoms with Gasteiger partial charge in [0.05, 0.1) is 11.8 Å². The zero-order valence-electron chi connectivity index (χ0n) is 13.7. The fraction of sp³-hybridized carbons (Fsp3) is 0.333. The third-order valence-electron chi connectivity index (χ3n) is 4.12. The van der Waals surface area contributed by atoms with E-state index in [2.05, 4.69) is 5.10 Å². The van der Waals surface area contributed by atoms with Crippen LogP contribution in [-0.4, -0.2) is 26.0 Å². The van der Waals surface area contributed by atoms with Crippen molar-refractivity contribution in [2.75, 3.05) is 0 Å². The molecule has 1 aliphatic carbocycles. The molecule has 2 N–H and O–H groups in total. The number of carboxylic acid groups (broad SMARTS) is 1. The summed E-state index contributed by atoms with van der Waals surface area (Å²) in [5, 5.41) is 24.4. The van der Waals surface area contributed by atoms with Crippen LogP contribution in [0.5, 0.6) is 0 Å². The highest BCUT2D eigenvalue weighted by Crippen LogP contribution is 2.42. The van der Waals surface area contributed by atoms with Crippen LogP contribution in [0.2, 0.25) is 0 Å². The van der Waals surface area contributed by atoms with Gasteiger partial charge in [-0.05, 0) is 22.8 Å². The molecule has 1 aliphatic rings. The van der Waals surface area contributed by atoms with Crippen molar-refractivity contribution in [1.82, 2.24) is 9.78 Å². The van der Waals surface area contributed by atoms with E-state index in [4.69, 9.17) is 0 Å². The summed E-state index contributed by atoms with van der Waals surface area (Å²) in [7, 11) is 1.64. The predicted molar refractivity (Wildman–Crippen MR) is 87.3 cm³/mol. The fourth-order valence-corrected chi connectivity index (χ4v) is 3.11. The smallest absolute Gasteiger partial charge is 0.354 e.